The number of carbonyl (C=O) groups is 3. The van der Waals surface area contributed by atoms with Crippen molar-refractivity contribution in [2.24, 2.45) is 0 Å². The van der Waals surface area contributed by atoms with Crippen molar-refractivity contribution in [1.29, 1.82) is 0 Å². The Balaban J connectivity index is 1.91. The molecule has 2 unspecified atom stereocenters. The summed E-state index contributed by atoms with van der Waals surface area (Å²) < 4.78 is 5.48. The quantitative estimate of drug-likeness (QED) is 0.459. The maximum atomic E-state index is 13.4. The Morgan fingerprint density at radius 1 is 0.829 bits per heavy atom. The number of rotatable bonds is 1. The number of aryl methyl sites for hydroxylation is 2. The lowest BCUT2D eigenvalue weighted by Crippen LogP contribution is -2.33. The fraction of sp³-hybridized carbons (Fsp3) is 0.269. The van der Waals surface area contributed by atoms with Gasteiger partial charge in [-0.2, -0.15) is 0 Å². The van der Waals surface area contributed by atoms with Gasteiger partial charge in [-0.15, -0.1) is 0 Å². The molecule has 178 valence electrons. The van der Waals surface area contributed by atoms with Crippen LogP contribution in [-0.2, 0) is 20.7 Å². The Hall–Kier alpha value is -4.11. The van der Waals surface area contributed by atoms with Crippen LogP contribution in [0.4, 0.5) is 0 Å². The Morgan fingerprint density at radius 2 is 1.37 bits per heavy atom. The molecule has 0 saturated carbocycles. The number of aromatic amines is 2. The number of H-pyrrole nitrogens is 2. The molecule has 2 atom stereocenters. The molecular formula is C26H24N4O5. The topological polar surface area (TPSA) is 138 Å². The van der Waals surface area contributed by atoms with E-state index in [9.17, 15) is 19.5 Å². The number of nitrogens with zero attached hydrogens (tertiary/aromatic N) is 2. The predicted octanol–water partition coefficient (Wildman–Crippen LogP) is 3.68. The molecule has 5 rings (SSSR count). The van der Waals surface area contributed by atoms with Crippen LogP contribution in [0.15, 0.2) is 36.4 Å². The van der Waals surface area contributed by atoms with Crippen LogP contribution in [0.25, 0.3) is 22.1 Å². The number of carbonyl (C=O) groups excluding carboxylic acids is 3. The molecule has 0 spiro atoms. The van der Waals surface area contributed by atoms with Gasteiger partial charge in [-0.1, -0.05) is 0 Å². The van der Waals surface area contributed by atoms with Crippen molar-refractivity contribution < 1.29 is 24.2 Å². The standard InChI is InChI=1S/C26H24N4O5/c1-12-7-16-9-21-25(4,34)23(32)19(29-21)8-15-6-13(2)18(27-15)11-22-26(5,35-14(3)31)24(33)20(30-22)10-17(12)28-16/h6-11,27-28,34H,1-5H3. The molecule has 0 radical (unpaired) electrons. The third-order valence-electron chi connectivity index (χ3n) is 6.46. The number of aromatic nitrogens is 4. The lowest BCUT2D eigenvalue weighted by Gasteiger charge is -2.21. The van der Waals surface area contributed by atoms with Gasteiger partial charge < -0.3 is 19.8 Å². The Kier molecular flexibility index (Phi) is 4.82. The molecule has 9 nitrogen and oxygen atoms in total. The van der Waals surface area contributed by atoms with Crippen molar-refractivity contribution in [2.45, 2.75) is 45.8 Å². The average Bonchev–Trinajstić information content (AvgIpc) is 3.41. The van der Waals surface area contributed by atoms with Crippen LogP contribution in [0.5, 0.6) is 0 Å². The first-order chi connectivity index (χ1) is 16.4. The molecule has 9 heteroatoms. The van der Waals surface area contributed by atoms with Crippen LogP contribution in [-0.4, -0.2) is 42.6 Å². The summed E-state index contributed by atoms with van der Waals surface area (Å²) in [4.78, 5) is 53.5. The van der Waals surface area contributed by atoms with Crippen LogP contribution >= 0.6 is 0 Å². The smallest absolute Gasteiger partial charge is 0.304 e. The molecule has 8 bridgehead atoms. The van der Waals surface area contributed by atoms with E-state index in [0.717, 1.165) is 11.1 Å². The predicted molar refractivity (Wildman–Crippen MR) is 128 cm³/mol. The van der Waals surface area contributed by atoms with Crippen LogP contribution < -0.4 is 0 Å². The van der Waals surface area contributed by atoms with E-state index in [1.807, 2.05) is 26.0 Å². The summed E-state index contributed by atoms with van der Waals surface area (Å²) in [6.07, 6.45) is 0. The summed E-state index contributed by atoms with van der Waals surface area (Å²) in [5.74, 6) is -1.55. The highest BCUT2D eigenvalue weighted by molar-refractivity contribution is 6.05. The van der Waals surface area contributed by atoms with E-state index in [1.165, 1.54) is 20.8 Å². The zero-order valence-electron chi connectivity index (χ0n) is 19.9. The zero-order valence-corrected chi connectivity index (χ0v) is 19.9. The van der Waals surface area contributed by atoms with E-state index >= 15 is 0 Å². The summed E-state index contributed by atoms with van der Waals surface area (Å²) in [5, 5.41) is 10.9. The number of hydrogen-bond acceptors (Lipinski definition) is 7. The molecule has 0 fully saturated rings. The monoisotopic (exact) mass is 472 g/mol. The van der Waals surface area contributed by atoms with Crippen LogP contribution in [0.2, 0.25) is 0 Å². The molecule has 35 heavy (non-hydrogen) atoms. The zero-order chi connectivity index (χ0) is 25.3. The first-order valence-electron chi connectivity index (χ1n) is 11.1. The average molecular weight is 473 g/mol. The van der Waals surface area contributed by atoms with Crippen molar-refractivity contribution >= 4 is 39.6 Å². The Morgan fingerprint density at radius 3 is 2.00 bits per heavy atom. The number of nitrogens with one attached hydrogen (secondary N) is 2. The highest BCUT2D eigenvalue weighted by Crippen LogP contribution is 2.34. The van der Waals surface area contributed by atoms with Gasteiger partial charge in [-0.25, -0.2) is 9.97 Å². The Labute approximate surface area is 200 Å². The van der Waals surface area contributed by atoms with Gasteiger partial charge in [0, 0.05) is 29.0 Å². The van der Waals surface area contributed by atoms with Gasteiger partial charge in [-0.3, -0.25) is 14.4 Å². The molecule has 0 aliphatic carbocycles. The normalized spacial score (nSPS) is 21.9. The largest absolute Gasteiger partial charge is 0.444 e. The molecule has 2 aliphatic heterocycles. The number of esters is 1. The number of ketones is 2. The highest BCUT2D eigenvalue weighted by Gasteiger charge is 2.46. The third kappa shape index (κ3) is 3.55. The molecule has 2 aliphatic rings. The van der Waals surface area contributed by atoms with Gasteiger partial charge in [0.1, 0.15) is 11.4 Å². The third-order valence-corrected chi connectivity index (χ3v) is 6.46. The summed E-state index contributed by atoms with van der Waals surface area (Å²) in [6.45, 7) is 7.90. The molecule has 3 aromatic rings. The SMILES string of the molecule is CC(=O)OC1(C)C(=O)c2cc3[nH]c(cc4nc(cc5cc(C)c(cc1n2)[nH]5)C(=O)C4(C)O)cc3C. The minimum atomic E-state index is -1.78. The second kappa shape index (κ2) is 7.44. The maximum Gasteiger partial charge on any atom is 0.304 e. The minimum absolute atomic E-state index is 0.116. The van der Waals surface area contributed by atoms with Crippen molar-refractivity contribution in [3.63, 3.8) is 0 Å². The molecular weight excluding hydrogens is 448 g/mol. The van der Waals surface area contributed by atoms with E-state index in [-0.39, 0.29) is 22.8 Å². The number of fused-ring (bicyclic) bond motifs is 8. The second-order valence-electron chi connectivity index (χ2n) is 9.34. The van der Waals surface area contributed by atoms with Gasteiger partial charge in [0.25, 0.3) is 0 Å². The van der Waals surface area contributed by atoms with E-state index < -0.39 is 28.7 Å². The van der Waals surface area contributed by atoms with Crippen molar-refractivity contribution in [2.75, 3.05) is 0 Å². The van der Waals surface area contributed by atoms with Crippen LogP contribution in [0.1, 0.15) is 64.3 Å². The first kappa shape index (κ1) is 22.7. The van der Waals surface area contributed by atoms with E-state index in [0.29, 0.717) is 22.1 Å². The fourth-order valence-electron chi connectivity index (χ4n) is 4.45. The number of ether oxygens (including phenoxy) is 1. The van der Waals surface area contributed by atoms with Crippen molar-refractivity contribution in [1.82, 2.24) is 19.9 Å². The molecule has 3 aromatic heterocycles. The lowest BCUT2D eigenvalue weighted by molar-refractivity contribution is -0.151. The van der Waals surface area contributed by atoms with Gasteiger partial charge >= 0.3 is 5.97 Å². The Bertz CT molecular complexity index is 1610. The minimum Gasteiger partial charge on any atom is -0.444 e. The molecule has 0 aromatic carbocycles. The molecule has 0 saturated heterocycles. The van der Waals surface area contributed by atoms with Crippen LogP contribution in [0.3, 0.4) is 0 Å². The van der Waals surface area contributed by atoms with Gasteiger partial charge in [0.05, 0.1) is 11.4 Å². The van der Waals surface area contributed by atoms with E-state index in [4.69, 9.17) is 4.74 Å². The van der Waals surface area contributed by atoms with Gasteiger partial charge in [0.2, 0.25) is 17.2 Å². The lowest BCUT2D eigenvalue weighted by atomic mass is 9.97. The molecule has 0 amide bonds. The first-order valence-corrected chi connectivity index (χ1v) is 11.1. The summed E-state index contributed by atoms with van der Waals surface area (Å²) in [6, 6.07) is 10.1. The second-order valence-corrected chi connectivity index (χ2v) is 9.34. The summed E-state index contributed by atoms with van der Waals surface area (Å²) in [7, 11) is 0. The van der Waals surface area contributed by atoms with Crippen molar-refractivity contribution in [3.8, 4) is 0 Å². The fourth-order valence-corrected chi connectivity index (χ4v) is 4.45. The number of Topliss-reactive ketones (excluding diaryl/α,β-unsaturated/α-hetero) is 2. The van der Waals surface area contributed by atoms with E-state index in [2.05, 4.69) is 19.9 Å². The maximum absolute atomic E-state index is 13.4. The van der Waals surface area contributed by atoms with E-state index in [1.54, 1.807) is 24.3 Å². The number of aliphatic hydroxyl groups is 1. The summed E-state index contributed by atoms with van der Waals surface area (Å²) in [5.41, 5.74) is 1.41. The highest BCUT2D eigenvalue weighted by atomic mass is 16.6. The summed E-state index contributed by atoms with van der Waals surface area (Å²) >= 11 is 0. The van der Waals surface area contributed by atoms with Gasteiger partial charge in [0.15, 0.2) is 5.60 Å². The molecule has 5 heterocycles. The van der Waals surface area contributed by atoms with Crippen LogP contribution in [0, 0.1) is 13.8 Å². The number of hydrogen-bond donors (Lipinski definition) is 3. The van der Waals surface area contributed by atoms with Crippen molar-refractivity contribution in [3.05, 3.63) is 70.3 Å². The molecule has 3 N–H and O–H groups in total. The van der Waals surface area contributed by atoms with Gasteiger partial charge in [-0.05, 0) is 75.2 Å².